The largest absolute Gasteiger partial charge is 0.379 e. The van der Waals surface area contributed by atoms with Gasteiger partial charge in [-0.3, -0.25) is 4.57 Å². The molecule has 2 aliphatic rings. The Morgan fingerprint density at radius 1 is 1.00 bits per heavy atom. The predicted molar refractivity (Wildman–Crippen MR) is 117 cm³/mol. The number of hydrogen-bond acceptors (Lipinski definition) is 6. The fraction of sp³-hybridized carbons (Fsp3) is 0.455. The van der Waals surface area contributed by atoms with Crippen molar-refractivity contribution in [2.24, 2.45) is 0 Å². The zero-order valence-electron chi connectivity index (χ0n) is 17.4. The van der Waals surface area contributed by atoms with Crippen molar-refractivity contribution in [3.8, 4) is 11.3 Å². The van der Waals surface area contributed by atoms with Crippen LogP contribution in [-0.4, -0.2) is 48.9 Å². The van der Waals surface area contributed by atoms with Crippen LogP contribution in [0.15, 0.2) is 24.8 Å². The molecule has 0 N–H and O–H groups in total. The predicted octanol–water partition coefficient (Wildman–Crippen LogP) is 4.69. The second-order valence-corrected chi connectivity index (χ2v) is 8.67. The summed E-state index contributed by atoms with van der Waals surface area (Å²) in [4.78, 5) is 17.8. The molecule has 0 aliphatic carbocycles. The summed E-state index contributed by atoms with van der Waals surface area (Å²) in [5, 5.41) is 0.0791. The number of imidazole rings is 2. The van der Waals surface area contributed by atoms with Gasteiger partial charge in [0.15, 0.2) is 5.65 Å². The van der Waals surface area contributed by atoms with Crippen molar-refractivity contribution in [2.75, 3.05) is 19.8 Å². The van der Waals surface area contributed by atoms with Gasteiger partial charge in [0.05, 0.1) is 30.8 Å². The highest BCUT2D eigenvalue weighted by Gasteiger charge is 2.24. The zero-order chi connectivity index (χ0) is 21.7. The first-order chi connectivity index (χ1) is 15.7. The molecule has 3 aromatic heterocycles. The van der Waals surface area contributed by atoms with Gasteiger partial charge in [-0.1, -0.05) is 0 Å². The minimum atomic E-state index is -0.362. The Bertz CT molecular complexity index is 1290. The smallest absolute Gasteiger partial charge is 0.225 e. The van der Waals surface area contributed by atoms with Gasteiger partial charge in [0.2, 0.25) is 5.28 Å². The number of aromatic nitrogens is 6. The lowest BCUT2D eigenvalue weighted by molar-refractivity contribution is -0.0298. The summed E-state index contributed by atoms with van der Waals surface area (Å²) >= 11 is 6.27. The molecule has 4 aromatic rings. The molecule has 5 heterocycles. The van der Waals surface area contributed by atoms with Crippen LogP contribution >= 0.6 is 11.6 Å². The van der Waals surface area contributed by atoms with Crippen molar-refractivity contribution in [1.29, 1.82) is 0 Å². The van der Waals surface area contributed by atoms with Gasteiger partial charge in [-0.2, -0.15) is 4.98 Å². The molecular weight excluding hydrogens is 435 g/mol. The van der Waals surface area contributed by atoms with Gasteiger partial charge >= 0.3 is 0 Å². The summed E-state index contributed by atoms with van der Waals surface area (Å²) in [5.41, 5.74) is 3.21. The van der Waals surface area contributed by atoms with Gasteiger partial charge < -0.3 is 14.0 Å². The van der Waals surface area contributed by atoms with Crippen LogP contribution in [0.4, 0.5) is 4.39 Å². The number of halogens is 2. The average Bonchev–Trinajstić information content (AvgIpc) is 3.44. The number of nitrogens with zero attached hydrogens (tertiary/aromatic N) is 6. The Balaban J connectivity index is 1.45. The Hall–Kier alpha value is -2.62. The maximum Gasteiger partial charge on any atom is 0.225 e. The molecule has 2 saturated heterocycles. The summed E-state index contributed by atoms with van der Waals surface area (Å²) in [6.07, 6.45) is 8.14. The van der Waals surface area contributed by atoms with Gasteiger partial charge in [0.25, 0.3) is 0 Å². The number of fused-ring (bicyclic) bond motifs is 2. The normalized spacial score (nSPS) is 22.1. The minimum absolute atomic E-state index is 0.0791. The third-order valence-electron chi connectivity index (χ3n) is 6.29. The van der Waals surface area contributed by atoms with Crippen molar-refractivity contribution in [1.82, 2.24) is 29.1 Å². The van der Waals surface area contributed by atoms with Gasteiger partial charge in [0, 0.05) is 18.8 Å². The third-order valence-corrected chi connectivity index (χ3v) is 6.45. The second kappa shape index (κ2) is 8.06. The minimum Gasteiger partial charge on any atom is -0.379 e. The second-order valence-electron chi connectivity index (χ2n) is 8.34. The molecule has 32 heavy (non-hydrogen) atoms. The Morgan fingerprint density at radius 2 is 1.91 bits per heavy atom. The van der Waals surface area contributed by atoms with E-state index in [1.54, 1.807) is 12.7 Å². The fourth-order valence-electron chi connectivity index (χ4n) is 4.72. The lowest BCUT2D eigenvalue weighted by Gasteiger charge is -2.24. The molecule has 0 saturated carbocycles. The summed E-state index contributed by atoms with van der Waals surface area (Å²) in [6.45, 7) is 2.01. The molecule has 2 aliphatic heterocycles. The highest BCUT2D eigenvalue weighted by atomic mass is 35.5. The van der Waals surface area contributed by atoms with Crippen LogP contribution in [0.25, 0.3) is 33.5 Å². The Labute approximate surface area is 188 Å². The van der Waals surface area contributed by atoms with Gasteiger partial charge in [-0.05, 0) is 55.8 Å². The standard InChI is InChI=1S/C22H22ClFN6O2/c23-22-27-18(19-21(28-22)30(12-26-19)17-5-1-2-7-32-17)13-8-15(24)20-16(9-13)25-11-29(20)14-4-3-6-31-10-14/h8-9,11-12,14,17H,1-7,10H2/t14-,17?/m0/s1. The van der Waals surface area contributed by atoms with Crippen molar-refractivity contribution in [3.63, 3.8) is 0 Å². The molecule has 0 amide bonds. The Morgan fingerprint density at radius 3 is 2.72 bits per heavy atom. The van der Waals surface area contributed by atoms with Crippen LogP contribution in [0.2, 0.25) is 5.28 Å². The highest BCUT2D eigenvalue weighted by molar-refractivity contribution is 6.28. The molecule has 10 heteroatoms. The van der Waals surface area contributed by atoms with E-state index in [-0.39, 0.29) is 23.4 Å². The van der Waals surface area contributed by atoms with Crippen LogP contribution in [0, 0.1) is 5.82 Å². The molecule has 1 unspecified atom stereocenters. The SMILES string of the molecule is Fc1cc(-c2nc(Cl)nc3c2ncn3C2CCCCO2)cc2ncn([C@H]3CCCOC3)c12. The summed E-state index contributed by atoms with van der Waals surface area (Å²) in [6, 6.07) is 3.38. The number of hydrogen-bond donors (Lipinski definition) is 0. The number of rotatable bonds is 3. The summed E-state index contributed by atoms with van der Waals surface area (Å²) in [7, 11) is 0. The van der Waals surface area contributed by atoms with Crippen LogP contribution in [0.5, 0.6) is 0 Å². The van der Waals surface area contributed by atoms with E-state index < -0.39 is 0 Å². The quantitative estimate of drug-likeness (QED) is 0.416. The first-order valence-electron chi connectivity index (χ1n) is 10.9. The molecule has 2 atom stereocenters. The van der Waals surface area contributed by atoms with Crippen LogP contribution in [-0.2, 0) is 9.47 Å². The lowest BCUT2D eigenvalue weighted by atomic mass is 10.1. The first kappa shape index (κ1) is 20.0. The van der Waals surface area contributed by atoms with Crippen molar-refractivity contribution < 1.29 is 13.9 Å². The molecule has 0 bridgehead atoms. The maximum atomic E-state index is 15.4. The van der Waals surface area contributed by atoms with Crippen molar-refractivity contribution in [3.05, 3.63) is 35.9 Å². The molecule has 8 nitrogen and oxygen atoms in total. The maximum absolute atomic E-state index is 15.4. The van der Waals surface area contributed by atoms with Gasteiger partial charge in [-0.25, -0.2) is 19.3 Å². The van der Waals surface area contributed by atoms with E-state index in [0.717, 1.165) is 38.7 Å². The van der Waals surface area contributed by atoms with E-state index >= 15 is 4.39 Å². The zero-order valence-corrected chi connectivity index (χ0v) is 18.1. The first-order valence-corrected chi connectivity index (χ1v) is 11.3. The number of benzene rings is 1. The van der Waals surface area contributed by atoms with Crippen LogP contribution in [0.1, 0.15) is 44.4 Å². The van der Waals surface area contributed by atoms with Crippen molar-refractivity contribution in [2.45, 2.75) is 44.4 Å². The third kappa shape index (κ3) is 3.35. The molecule has 6 rings (SSSR count). The highest BCUT2D eigenvalue weighted by Crippen LogP contribution is 2.34. The summed E-state index contributed by atoms with van der Waals surface area (Å²) in [5.74, 6) is -0.362. The van der Waals surface area contributed by atoms with E-state index in [1.165, 1.54) is 6.07 Å². The molecule has 166 valence electrons. The van der Waals surface area contributed by atoms with Crippen molar-refractivity contribution >= 4 is 33.8 Å². The van der Waals surface area contributed by atoms with E-state index in [2.05, 4.69) is 19.9 Å². The topological polar surface area (TPSA) is 79.9 Å². The van der Waals surface area contributed by atoms with Gasteiger partial charge in [-0.15, -0.1) is 0 Å². The molecule has 1 aromatic carbocycles. The molecule has 2 fully saturated rings. The lowest BCUT2D eigenvalue weighted by Crippen LogP contribution is -2.20. The monoisotopic (exact) mass is 456 g/mol. The molecule has 0 radical (unpaired) electrons. The van der Waals surface area contributed by atoms with E-state index in [9.17, 15) is 0 Å². The van der Waals surface area contributed by atoms with Crippen LogP contribution < -0.4 is 0 Å². The van der Waals surface area contributed by atoms with E-state index in [4.69, 9.17) is 21.1 Å². The molecular formula is C22H22ClFN6O2. The summed E-state index contributed by atoms with van der Waals surface area (Å²) < 4.78 is 30.6. The number of ether oxygens (including phenoxy) is 2. The van der Waals surface area contributed by atoms with E-state index in [0.29, 0.717) is 46.7 Å². The van der Waals surface area contributed by atoms with Crippen LogP contribution in [0.3, 0.4) is 0 Å². The van der Waals surface area contributed by atoms with E-state index in [1.807, 2.05) is 15.2 Å². The average molecular weight is 457 g/mol. The Kier molecular flexibility index (Phi) is 5.04. The molecule has 0 spiro atoms. The van der Waals surface area contributed by atoms with Gasteiger partial charge in [0.1, 0.15) is 28.8 Å². The fourth-order valence-corrected chi connectivity index (χ4v) is 4.89.